The Balaban J connectivity index is 1.25. The summed E-state index contributed by atoms with van der Waals surface area (Å²) in [5.41, 5.74) is 5.00. The highest BCUT2D eigenvalue weighted by molar-refractivity contribution is 7.89. The van der Waals surface area contributed by atoms with E-state index in [9.17, 15) is 13.2 Å². The van der Waals surface area contributed by atoms with Crippen LogP contribution in [0.4, 0.5) is 0 Å². The Bertz CT molecular complexity index is 1260. The average molecular weight is 452 g/mol. The van der Waals surface area contributed by atoms with Gasteiger partial charge in [0.1, 0.15) is 5.69 Å². The number of piperazine rings is 1. The van der Waals surface area contributed by atoms with Crippen molar-refractivity contribution in [3.8, 4) is 11.3 Å². The number of fused-ring (bicyclic) bond motifs is 1. The molecule has 1 aliphatic heterocycles. The van der Waals surface area contributed by atoms with Crippen molar-refractivity contribution in [3.63, 3.8) is 0 Å². The van der Waals surface area contributed by atoms with Gasteiger partial charge in [-0.1, -0.05) is 41.1 Å². The van der Waals surface area contributed by atoms with Gasteiger partial charge in [-0.3, -0.25) is 4.79 Å². The van der Waals surface area contributed by atoms with Gasteiger partial charge in [-0.2, -0.15) is 4.31 Å². The van der Waals surface area contributed by atoms with E-state index in [1.165, 1.54) is 9.87 Å². The molecule has 1 aromatic heterocycles. The van der Waals surface area contributed by atoms with E-state index >= 15 is 0 Å². The maximum atomic E-state index is 13.1. The molecule has 0 unspecified atom stereocenters. The molecule has 1 aliphatic carbocycles. The molecule has 2 aromatic carbocycles. The summed E-state index contributed by atoms with van der Waals surface area (Å²) in [4.78, 5) is 14.8. The number of benzene rings is 2. The highest BCUT2D eigenvalue weighted by atomic mass is 32.2. The number of carbonyl (C=O) groups is 1. The number of aryl methyl sites for hydroxylation is 3. The Morgan fingerprint density at radius 3 is 2.41 bits per heavy atom. The minimum Gasteiger partial charge on any atom is -0.350 e. The van der Waals surface area contributed by atoms with Crippen molar-refractivity contribution in [2.75, 3.05) is 26.2 Å². The van der Waals surface area contributed by atoms with Crippen LogP contribution >= 0.6 is 0 Å². The fraction of sp³-hybridized carbons (Fsp3) is 0.333. The Hall–Kier alpha value is -2.97. The Kier molecular flexibility index (Phi) is 5.35. The molecule has 1 fully saturated rings. The number of hydrogen-bond acceptors (Lipinski definition) is 5. The molecule has 8 heteroatoms. The zero-order chi connectivity index (χ0) is 22.3. The zero-order valence-corrected chi connectivity index (χ0v) is 18.8. The molecule has 2 heterocycles. The molecule has 3 aromatic rings. The lowest BCUT2D eigenvalue weighted by Gasteiger charge is -2.33. The van der Waals surface area contributed by atoms with E-state index < -0.39 is 10.0 Å². The number of carbonyl (C=O) groups excluding carboxylic acids is 1. The van der Waals surface area contributed by atoms with E-state index in [1.807, 2.05) is 43.3 Å². The summed E-state index contributed by atoms with van der Waals surface area (Å²) in [6.45, 7) is 3.13. The van der Waals surface area contributed by atoms with Crippen molar-refractivity contribution in [3.05, 3.63) is 71.0 Å². The summed E-state index contributed by atoms with van der Waals surface area (Å²) in [5, 5.41) is 4.03. The van der Waals surface area contributed by atoms with Crippen LogP contribution in [-0.2, 0) is 22.9 Å². The van der Waals surface area contributed by atoms with Crippen molar-refractivity contribution in [2.45, 2.75) is 31.1 Å². The molecule has 0 N–H and O–H groups in total. The fourth-order valence-electron chi connectivity index (χ4n) is 4.38. The minimum absolute atomic E-state index is 0.163. The molecule has 2 aliphatic rings. The van der Waals surface area contributed by atoms with Crippen LogP contribution in [0.15, 0.2) is 57.9 Å². The second-order valence-corrected chi connectivity index (χ2v) is 10.4. The Morgan fingerprint density at radius 2 is 1.66 bits per heavy atom. The zero-order valence-electron chi connectivity index (χ0n) is 18.0. The molecule has 7 nitrogen and oxygen atoms in total. The smallest absolute Gasteiger partial charge is 0.292 e. The third-order valence-electron chi connectivity index (χ3n) is 6.30. The van der Waals surface area contributed by atoms with Crippen molar-refractivity contribution < 1.29 is 17.7 Å². The van der Waals surface area contributed by atoms with Crippen molar-refractivity contribution >= 4 is 15.9 Å². The molecular formula is C24H25N3O4S. The van der Waals surface area contributed by atoms with Crippen LogP contribution in [0.5, 0.6) is 0 Å². The van der Waals surface area contributed by atoms with Crippen LogP contribution in [0.1, 0.15) is 33.7 Å². The standard InChI is InChI=1S/C24H25N3O4S/c1-17-5-7-19(8-6-17)22-16-23(31-25-22)24(28)26-11-13-27(14-12-26)32(29,30)21-10-9-18-3-2-4-20(18)15-21/h5-10,15-16H,2-4,11-14H2,1H3. The van der Waals surface area contributed by atoms with E-state index in [1.54, 1.807) is 17.0 Å². The van der Waals surface area contributed by atoms with Gasteiger partial charge >= 0.3 is 0 Å². The minimum atomic E-state index is -3.57. The molecule has 5 rings (SSSR count). The van der Waals surface area contributed by atoms with Gasteiger partial charge in [0.2, 0.25) is 15.8 Å². The van der Waals surface area contributed by atoms with Crippen LogP contribution < -0.4 is 0 Å². The van der Waals surface area contributed by atoms with E-state index in [-0.39, 0.29) is 24.8 Å². The van der Waals surface area contributed by atoms with E-state index in [2.05, 4.69) is 5.16 Å². The Morgan fingerprint density at radius 1 is 0.938 bits per heavy atom. The van der Waals surface area contributed by atoms with E-state index in [4.69, 9.17) is 4.52 Å². The third-order valence-corrected chi connectivity index (χ3v) is 8.20. The molecule has 0 saturated carbocycles. The number of sulfonamides is 1. The maximum Gasteiger partial charge on any atom is 0.292 e. The quantitative estimate of drug-likeness (QED) is 0.608. The number of aromatic nitrogens is 1. The molecule has 0 atom stereocenters. The van der Waals surface area contributed by atoms with Gasteiger partial charge in [0.15, 0.2) is 0 Å². The molecule has 166 valence electrons. The van der Waals surface area contributed by atoms with Gasteiger partial charge in [0, 0.05) is 37.8 Å². The van der Waals surface area contributed by atoms with Crippen molar-refractivity contribution in [1.29, 1.82) is 0 Å². The summed E-state index contributed by atoms with van der Waals surface area (Å²) >= 11 is 0. The second kappa shape index (κ2) is 8.18. The monoisotopic (exact) mass is 451 g/mol. The topological polar surface area (TPSA) is 83.7 Å². The van der Waals surface area contributed by atoms with E-state index in [0.717, 1.165) is 36.0 Å². The summed E-state index contributed by atoms with van der Waals surface area (Å²) in [5.74, 6) is -0.110. The molecule has 0 spiro atoms. The van der Waals surface area contributed by atoms with Crippen LogP contribution in [0.25, 0.3) is 11.3 Å². The van der Waals surface area contributed by atoms with Gasteiger partial charge in [-0.15, -0.1) is 0 Å². The highest BCUT2D eigenvalue weighted by Gasteiger charge is 2.32. The first-order valence-electron chi connectivity index (χ1n) is 10.9. The van der Waals surface area contributed by atoms with Crippen LogP contribution in [0.3, 0.4) is 0 Å². The average Bonchev–Trinajstić information content (AvgIpc) is 3.48. The van der Waals surface area contributed by atoms with Gasteiger partial charge in [0.25, 0.3) is 5.91 Å². The maximum absolute atomic E-state index is 13.1. The van der Waals surface area contributed by atoms with Crippen LogP contribution in [0, 0.1) is 6.92 Å². The number of hydrogen-bond donors (Lipinski definition) is 0. The van der Waals surface area contributed by atoms with Crippen molar-refractivity contribution in [2.24, 2.45) is 0 Å². The first-order valence-corrected chi connectivity index (χ1v) is 12.3. The lowest BCUT2D eigenvalue weighted by atomic mass is 10.1. The normalized spacial score (nSPS) is 16.8. The summed E-state index contributed by atoms with van der Waals surface area (Å²) in [7, 11) is -3.57. The third kappa shape index (κ3) is 3.84. The summed E-state index contributed by atoms with van der Waals surface area (Å²) < 4.78 is 33.0. The van der Waals surface area contributed by atoms with Gasteiger partial charge in [0.05, 0.1) is 4.90 Å². The number of amides is 1. The Labute approximate surface area is 187 Å². The predicted octanol–water partition coefficient (Wildman–Crippen LogP) is 3.29. The van der Waals surface area contributed by atoms with Crippen LogP contribution in [-0.4, -0.2) is 54.9 Å². The molecular weight excluding hydrogens is 426 g/mol. The highest BCUT2D eigenvalue weighted by Crippen LogP contribution is 2.27. The molecule has 1 saturated heterocycles. The van der Waals surface area contributed by atoms with E-state index in [0.29, 0.717) is 23.7 Å². The SMILES string of the molecule is Cc1ccc(-c2cc(C(=O)N3CCN(S(=O)(=O)c4ccc5c(c4)CCC5)CC3)on2)cc1. The summed E-state index contributed by atoms with van der Waals surface area (Å²) in [6.07, 6.45) is 3.03. The van der Waals surface area contributed by atoms with Gasteiger partial charge < -0.3 is 9.42 Å². The number of rotatable bonds is 4. The molecule has 32 heavy (non-hydrogen) atoms. The first kappa shape index (κ1) is 20.9. The van der Waals surface area contributed by atoms with Crippen molar-refractivity contribution in [1.82, 2.24) is 14.4 Å². The molecule has 0 radical (unpaired) electrons. The predicted molar refractivity (Wildman–Crippen MR) is 120 cm³/mol. The molecule has 1 amide bonds. The van der Waals surface area contributed by atoms with Gasteiger partial charge in [-0.25, -0.2) is 8.42 Å². The van der Waals surface area contributed by atoms with Crippen LogP contribution in [0.2, 0.25) is 0 Å². The molecule has 0 bridgehead atoms. The lowest BCUT2D eigenvalue weighted by Crippen LogP contribution is -2.50. The number of nitrogens with zero attached hydrogens (tertiary/aromatic N) is 3. The first-order chi connectivity index (χ1) is 15.4. The lowest BCUT2D eigenvalue weighted by molar-refractivity contribution is 0.0656. The largest absolute Gasteiger partial charge is 0.350 e. The summed E-state index contributed by atoms with van der Waals surface area (Å²) in [6, 6.07) is 14.9. The van der Waals surface area contributed by atoms with Gasteiger partial charge in [-0.05, 0) is 49.4 Å². The second-order valence-electron chi connectivity index (χ2n) is 8.42. The fourth-order valence-corrected chi connectivity index (χ4v) is 5.85.